The molecule has 0 aliphatic heterocycles. The van der Waals surface area contributed by atoms with Crippen LogP contribution in [0.4, 0.5) is 0 Å². The van der Waals surface area contributed by atoms with Gasteiger partial charge in [-0.15, -0.1) is 0 Å². The van der Waals surface area contributed by atoms with Crippen molar-refractivity contribution in [1.82, 2.24) is 0 Å². The Hall–Kier alpha value is -2.76. The summed E-state index contributed by atoms with van der Waals surface area (Å²) >= 11 is -1.30. The van der Waals surface area contributed by atoms with E-state index in [0.717, 1.165) is 5.56 Å². The lowest BCUT2D eigenvalue weighted by Crippen LogP contribution is -2.11. The highest BCUT2D eigenvalue weighted by molar-refractivity contribution is 7.90. The van der Waals surface area contributed by atoms with E-state index in [0.29, 0.717) is 28.6 Å². The Morgan fingerprint density at radius 3 is 2.27 bits per heavy atom. The molecule has 0 aliphatic rings. The highest BCUT2D eigenvalue weighted by Crippen LogP contribution is 2.27. The predicted molar refractivity (Wildman–Crippen MR) is 101 cm³/mol. The molecule has 0 amide bonds. The Labute approximate surface area is 155 Å². The third-order valence-corrected chi connectivity index (χ3v) is 4.62. The van der Waals surface area contributed by atoms with Crippen LogP contribution in [-0.2, 0) is 17.8 Å². The van der Waals surface area contributed by atoms with Crippen molar-refractivity contribution >= 4 is 17.1 Å². The second-order valence-corrected chi connectivity index (χ2v) is 6.94. The maximum absolute atomic E-state index is 12.3. The second kappa shape index (κ2) is 8.56. The predicted octanol–water partition coefficient (Wildman–Crippen LogP) is 4.22. The first-order valence-corrected chi connectivity index (χ1v) is 9.61. The number of ether oxygens (including phenoxy) is 2. The Bertz CT molecular complexity index is 864. The monoisotopic (exact) mass is 366 g/mol. The van der Waals surface area contributed by atoms with E-state index in [1.54, 1.807) is 48.7 Å². The molecule has 4 nitrogen and oxygen atoms in total. The van der Waals surface area contributed by atoms with E-state index in [9.17, 15) is 9.35 Å². The lowest BCUT2D eigenvalue weighted by Gasteiger charge is -2.13. The number of hydrogen-bond acceptors (Lipinski definition) is 4. The van der Waals surface area contributed by atoms with E-state index in [1.165, 1.54) is 0 Å². The van der Waals surface area contributed by atoms with Crippen LogP contribution in [0.3, 0.4) is 0 Å². The second-order valence-electron chi connectivity index (χ2n) is 5.59. The number of benzene rings is 3. The molecule has 5 heteroatoms. The van der Waals surface area contributed by atoms with Crippen LogP contribution in [0.5, 0.6) is 11.5 Å². The number of carbonyl (C=O) groups is 1. The summed E-state index contributed by atoms with van der Waals surface area (Å²) < 4.78 is 23.2. The van der Waals surface area contributed by atoms with E-state index in [2.05, 4.69) is 0 Å². The van der Waals surface area contributed by atoms with Gasteiger partial charge in [-0.1, -0.05) is 48.5 Å². The summed E-state index contributed by atoms with van der Waals surface area (Å²) in [5, 5.41) is 0. The van der Waals surface area contributed by atoms with Gasteiger partial charge in [0.2, 0.25) is 0 Å². The van der Waals surface area contributed by atoms with Gasteiger partial charge in [0.1, 0.15) is 18.6 Å². The van der Waals surface area contributed by atoms with Crippen molar-refractivity contribution in [2.75, 3.05) is 6.26 Å². The zero-order valence-electron chi connectivity index (χ0n) is 14.3. The molecular formula is C21H18O4S. The first kappa shape index (κ1) is 18.0. The summed E-state index contributed by atoms with van der Waals surface area (Å²) in [6.45, 7) is 0.360. The summed E-state index contributed by atoms with van der Waals surface area (Å²) in [5.41, 5.74) is 1.33. The van der Waals surface area contributed by atoms with Crippen molar-refractivity contribution in [1.29, 1.82) is 0 Å². The lowest BCUT2D eigenvalue weighted by atomic mass is 10.2. The lowest BCUT2D eigenvalue weighted by molar-refractivity contribution is 0.0734. The quantitative estimate of drug-likeness (QED) is 0.372. The molecule has 132 valence electrons. The van der Waals surface area contributed by atoms with Gasteiger partial charge in [0, 0.05) is 6.07 Å². The van der Waals surface area contributed by atoms with Crippen LogP contribution in [0.25, 0.3) is 0 Å². The minimum atomic E-state index is -1.30. The van der Waals surface area contributed by atoms with Gasteiger partial charge in [-0.3, -0.25) is 0 Å². The Balaban J connectivity index is 1.76. The molecule has 0 aromatic heterocycles. The minimum Gasteiger partial charge on any atom is -0.612 e. The van der Waals surface area contributed by atoms with Crippen molar-refractivity contribution < 1.29 is 18.8 Å². The standard InChI is InChI=1S/C21H18O4S/c1-26(23)20-14-17(21(22)25-18-10-6-3-7-11-18)12-13-19(20)24-15-16-8-4-2-5-9-16/h2-14H,15H2,1H3. The molecule has 0 heterocycles. The van der Waals surface area contributed by atoms with Crippen LogP contribution >= 0.6 is 0 Å². The van der Waals surface area contributed by atoms with Crippen LogP contribution in [0.15, 0.2) is 83.8 Å². The summed E-state index contributed by atoms with van der Waals surface area (Å²) in [4.78, 5) is 12.8. The molecule has 0 fully saturated rings. The smallest absolute Gasteiger partial charge is 0.343 e. The number of para-hydroxylation sites is 1. The van der Waals surface area contributed by atoms with Gasteiger partial charge in [-0.05, 0) is 41.0 Å². The van der Waals surface area contributed by atoms with E-state index in [-0.39, 0.29) is 0 Å². The molecule has 0 aliphatic carbocycles. The topological polar surface area (TPSA) is 58.6 Å². The van der Waals surface area contributed by atoms with Gasteiger partial charge in [-0.25, -0.2) is 4.79 Å². The summed E-state index contributed by atoms with van der Waals surface area (Å²) in [7, 11) is 0. The largest absolute Gasteiger partial charge is 0.612 e. The molecule has 3 aromatic carbocycles. The van der Waals surface area contributed by atoms with Crippen LogP contribution in [0.2, 0.25) is 0 Å². The van der Waals surface area contributed by atoms with Gasteiger partial charge in [0.15, 0.2) is 10.6 Å². The fourth-order valence-electron chi connectivity index (χ4n) is 2.37. The molecule has 26 heavy (non-hydrogen) atoms. The number of esters is 1. The van der Waals surface area contributed by atoms with Gasteiger partial charge in [0.25, 0.3) is 0 Å². The number of carbonyl (C=O) groups excluding carboxylic acids is 1. The zero-order chi connectivity index (χ0) is 18.4. The van der Waals surface area contributed by atoms with Crippen LogP contribution in [0, 0.1) is 0 Å². The van der Waals surface area contributed by atoms with Crippen molar-refractivity contribution in [3.63, 3.8) is 0 Å². The van der Waals surface area contributed by atoms with E-state index in [4.69, 9.17) is 9.47 Å². The molecule has 0 saturated heterocycles. The van der Waals surface area contributed by atoms with Gasteiger partial charge in [-0.2, -0.15) is 0 Å². The van der Waals surface area contributed by atoms with Crippen LogP contribution < -0.4 is 9.47 Å². The molecule has 1 unspecified atom stereocenters. The maximum atomic E-state index is 12.3. The van der Waals surface area contributed by atoms with E-state index >= 15 is 0 Å². The van der Waals surface area contributed by atoms with Gasteiger partial charge < -0.3 is 14.0 Å². The molecule has 1 atom stereocenters. The molecule has 3 rings (SSSR count). The molecule has 0 radical (unpaired) electrons. The van der Waals surface area contributed by atoms with Crippen molar-refractivity contribution in [3.8, 4) is 11.5 Å². The van der Waals surface area contributed by atoms with Crippen LogP contribution in [-0.4, -0.2) is 16.8 Å². The Kier molecular flexibility index (Phi) is 5.94. The van der Waals surface area contributed by atoms with E-state index < -0.39 is 17.1 Å². The van der Waals surface area contributed by atoms with E-state index in [1.807, 2.05) is 36.4 Å². The Morgan fingerprint density at radius 1 is 0.962 bits per heavy atom. The number of hydrogen-bond donors (Lipinski definition) is 0. The van der Waals surface area contributed by atoms with Crippen LogP contribution in [0.1, 0.15) is 15.9 Å². The molecular weight excluding hydrogens is 348 g/mol. The van der Waals surface area contributed by atoms with Crippen molar-refractivity contribution in [2.45, 2.75) is 11.5 Å². The molecule has 0 saturated carbocycles. The number of rotatable bonds is 6. The first-order valence-electron chi connectivity index (χ1n) is 8.05. The highest BCUT2D eigenvalue weighted by atomic mass is 32.2. The zero-order valence-corrected chi connectivity index (χ0v) is 15.1. The normalized spacial score (nSPS) is 11.6. The average molecular weight is 366 g/mol. The molecule has 0 spiro atoms. The van der Waals surface area contributed by atoms with Gasteiger partial charge >= 0.3 is 5.97 Å². The SMILES string of the molecule is C[S+]([O-])c1cc(C(=O)Oc2ccccc2)ccc1OCc1ccccc1. The highest BCUT2D eigenvalue weighted by Gasteiger charge is 2.18. The van der Waals surface area contributed by atoms with Gasteiger partial charge in [0.05, 0.1) is 5.56 Å². The third-order valence-electron chi connectivity index (χ3n) is 3.68. The van der Waals surface area contributed by atoms with Crippen molar-refractivity contribution in [3.05, 3.63) is 90.0 Å². The van der Waals surface area contributed by atoms with Crippen molar-refractivity contribution in [2.24, 2.45) is 0 Å². The molecule has 0 bridgehead atoms. The minimum absolute atomic E-state index is 0.325. The first-order chi connectivity index (χ1) is 12.6. The summed E-state index contributed by atoms with van der Waals surface area (Å²) in [5.74, 6) is 0.449. The third kappa shape index (κ3) is 4.65. The summed E-state index contributed by atoms with van der Waals surface area (Å²) in [6, 6.07) is 23.3. The maximum Gasteiger partial charge on any atom is 0.343 e. The Morgan fingerprint density at radius 2 is 1.62 bits per heavy atom. The summed E-state index contributed by atoms with van der Waals surface area (Å²) in [6.07, 6.45) is 1.55. The molecule has 3 aromatic rings. The fourth-order valence-corrected chi connectivity index (χ4v) is 3.07. The fraction of sp³-hybridized carbons (Fsp3) is 0.0952. The molecule has 0 N–H and O–H groups in total. The average Bonchev–Trinajstić information content (AvgIpc) is 2.67.